The Morgan fingerprint density at radius 3 is 2.38 bits per heavy atom. The molecule has 0 fully saturated rings. The minimum atomic E-state index is 0.224. The molecule has 1 nitrogen and oxygen atoms in total. The number of halogens is 1. The first-order valence-corrected chi connectivity index (χ1v) is 5.70. The van der Waals surface area contributed by atoms with E-state index in [2.05, 4.69) is 70.6 Å². The molecule has 0 aliphatic heterocycles. The topological polar surface area (TPSA) is 12.0 Å². The second-order valence-corrected chi connectivity index (χ2v) is 4.21. The Morgan fingerprint density at radius 1 is 1.31 bits per heavy atom. The maximum absolute atomic E-state index is 3.35. The smallest absolute Gasteiger partial charge is 0.0284 e. The molecule has 0 amide bonds. The molecule has 0 heterocycles. The first kappa shape index (κ1) is 11.0. The van der Waals surface area contributed by atoms with Crippen LogP contribution in [0.5, 0.6) is 0 Å². The van der Waals surface area contributed by atoms with Crippen molar-refractivity contribution in [2.75, 3.05) is 0 Å². The van der Waals surface area contributed by atoms with Crippen LogP contribution in [0.1, 0.15) is 25.8 Å². The van der Waals surface area contributed by atoms with Gasteiger partial charge in [0.25, 0.3) is 0 Å². The summed E-state index contributed by atoms with van der Waals surface area (Å²) < 4.78 is 3.35. The molecule has 1 unspecified atom stereocenters. The van der Waals surface area contributed by atoms with Gasteiger partial charge in [-0.05, 0) is 25.3 Å². The van der Waals surface area contributed by atoms with E-state index in [4.69, 9.17) is 0 Å². The quantitative estimate of drug-likeness (QED) is 0.662. The van der Waals surface area contributed by atoms with Crippen LogP contribution in [0.25, 0.3) is 0 Å². The molecule has 0 aliphatic rings. The highest BCUT2D eigenvalue weighted by atomic mass is 127. The van der Waals surface area contributed by atoms with Crippen LogP contribution in [-0.4, -0.2) is 5.54 Å². The van der Waals surface area contributed by atoms with Crippen LogP contribution in [0.15, 0.2) is 30.3 Å². The summed E-state index contributed by atoms with van der Waals surface area (Å²) in [6.45, 7) is 4.47. The number of hydrogen-bond acceptors (Lipinski definition) is 1. The Labute approximate surface area is 94.4 Å². The second-order valence-electron chi connectivity index (χ2n) is 3.67. The second kappa shape index (κ2) is 4.96. The Morgan fingerprint density at radius 2 is 1.92 bits per heavy atom. The molecule has 0 saturated carbocycles. The van der Waals surface area contributed by atoms with Crippen LogP contribution >= 0.6 is 22.9 Å². The van der Waals surface area contributed by atoms with Gasteiger partial charge in [-0.15, -0.1) is 0 Å². The Kier molecular flexibility index (Phi) is 4.19. The van der Waals surface area contributed by atoms with Crippen molar-refractivity contribution in [1.82, 2.24) is 3.53 Å². The maximum Gasteiger partial charge on any atom is 0.0284 e. The van der Waals surface area contributed by atoms with Crippen molar-refractivity contribution < 1.29 is 0 Å². The van der Waals surface area contributed by atoms with Crippen molar-refractivity contribution in [2.45, 2.75) is 32.2 Å². The van der Waals surface area contributed by atoms with Crippen LogP contribution in [0.4, 0.5) is 0 Å². The summed E-state index contributed by atoms with van der Waals surface area (Å²) in [5.41, 5.74) is 1.62. The van der Waals surface area contributed by atoms with Crippen molar-refractivity contribution in [3.8, 4) is 0 Å². The van der Waals surface area contributed by atoms with E-state index >= 15 is 0 Å². The van der Waals surface area contributed by atoms with Crippen molar-refractivity contribution in [1.29, 1.82) is 0 Å². The van der Waals surface area contributed by atoms with E-state index in [1.807, 2.05) is 0 Å². The lowest BCUT2D eigenvalue weighted by molar-refractivity contribution is 0.428. The first-order chi connectivity index (χ1) is 6.20. The zero-order chi connectivity index (χ0) is 9.73. The third-order valence-corrected chi connectivity index (χ3v) is 3.75. The Bertz CT molecular complexity index is 242. The van der Waals surface area contributed by atoms with Crippen molar-refractivity contribution in [2.24, 2.45) is 0 Å². The Hall–Kier alpha value is -0.0900. The van der Waals surface area contributed by atoms with Gasteiger partial charge in [0.15, 0.2) is 0 Å². The highest BCUT2D eigenvalue weighted by molar-refractivity contribution is 14.1. The Balaban J connectivity index is 2.68. The fourth-order valence-electron chi connectivity index (χ4n) is 1.27. The van der Waals surface area contributed by atoms with Gasteiger partial charge in [0.2, 0.25) is 0 Å². The van der Waals surface area contributed by atoms with E-state index in [9.17, 15) is 0 Å². The highest BCUT2D eigenvalue weighted by Gasteiger charge is 2.20. The molecule has 0 radical (unpaired) electrons. The summed E-state index contributed by atoms with van der Waals surface area (Å²) in [7, 11) is 0. The lowest BCUT2D eigenvalue weighted by Crippen LogP contribution is -2.37. The largest absolute Gasteiger partial charge is 0.255 e. The van der Waals surface area contributed by atoms with Gasteiger partial charge in [0.05, 0.1) is 0 Å². The molecule has 1 aromatic rings. The van der Waals surface area contributed by atoms with Gasteiger partial charge in [-0.25, -0.2) is 0 Å². The number of rotatable bonds is 4. The molecule has 0 saturated heterocycles. The standard InChI is InChI=1S/C11H16IN/c1-3-11(2,13-12)9-10-7-5-4-6-8-10/h4-8,13H,3,9H2,1-2H3. The van der Waals surface area contributed by atoms with E-state index < -0.39 is 0 Å². The van der Waals surface area contributed by atoms with Crippen molar-refractivity contribution in [3.05, 3.63) is 35.9 Å². The van der Waals surface area contributed by atoms with E-state index in [-0.39, 0.29) is 5.54 Å². The molecule has 1 atom stereocenters. The molecule has 1 aromatic carbocycles. The SMILES string of the molecule is CCC(C)(Cc1ccccc1)NI. The molecular weight excluding hydrogens is 273 g/mol. The molecule has 1 rings (SSSR count). The summed E-state index contributed by atoms with van der Waals surface area (Å²) >= 11 is 2.24. The number of nitrogens with one attached hydrogen (secondary N) is 1. The van der Waals surface area contributed by atoms with Crippen LogP contribution in [-0.2, 0) is 6.42 Å². The van der Waals surface area contributed by atoms with Crippen molar-refractivity contribution in [3.63, 3.8) is 0 Å². The minimum absolute atomic E-state index is 0.224. The molecule has 1 N–H and O–H groups in total. The third kappa shape index (κ3) is 3.27. The molecule has 0 aliphatic carbocycles. The van der Waals surface area contributed by atoms with E-state index in [1.165, 1.54) is 5.56 Å². The predicted molar refractivity (Wildman–Crippen MR) is 66.0 cm³/mol. The zero-order valence-corrected chi connectivity index (χ0v) is 10.3. The van der Waals surface area contributed by atoms with E-state index in [0.717, 1.165) is 12.8 Å². The predicted octanol–water partition coefficient (Wildman–Crippen LogP) is 3.34. The zero-order valence-electron chi connectivity index (χ0n) is 8.18. The molecule has 0 spiro atoms. The average molecular weight is 289 g/mol. The fourth-order valence-corrected chi connectivity index (χ4v) is 1.84. The minimum Gasteiger partial charge on any atom is -0.255 e. The molecule has 2 heteroatoms. The van der Waals surface area contributed by atoms with Gasteiger partial charge in [-0.2, -0.15) is 0 Å². The lowest BCUT2D eigenvalue weighted by atomic mass is 9.92. The monoisotopic (exact) mass is 289 g/mol. The van der Waals surface area contributed by atoms with Gasteiger partial charge >= 0.3 is 0 Å². The van der Waals surface area contributed by atoms with Crippen molar-refractivity contribution >= 4 is 22.9 Å². The van der Waals surface area contributed by atoms with Gasteiger partial charge < -0.3 is 0 Å². The molecule has 0 aromatic heterocycles. The summed E-state index contributed by atoms with van der Waals surface area (Å²) in [4.78, 5) is 0. The highest BCUT2D eigenvalue weighted by Crippen LogP contribution is 2.17. The summed E-state index contributed by atoms with van der Waals surface area (Å²) in [5, 5.41) is 0. The summed E-state index contributed by atoms with van der Waals surface area (Å²) in [6.07, 6.45) is 2.23. The number of hydrogen-bond donors (Lipinski definition) is 1. The fraction of sp³-hybridized carbons (Fsp3) is 0.455. The van der Waals surface area contributed by atoms with Crippen LogP contribution in [0.2, 0.25) is 0 Å². The summed E-state index contributed by atoms with van der Waals surface area (Å²) in [5.74, 6) is 0. The van der Waals surface area contributed by atoms with Gasteiger partial charge in [-0.3, -0.25) is 3.53 Å². The molecule has 72 valence electrons. The molecular formula is C11H16IN. The summed E-state index contributed by atoms with van der Waals surface area (Å²) in [6, 6.07) is 10.6. The van der Waals surface area contributed by atoms with Crippen LogP contribution in [0.3, 0.4) is 0 Å². The van der Waals surface area contributed by atoms with E-state index in [0.29, 0.717) is 0 Å². The van der Waals surface area contributed by atoms with E-state index in [1.54, 1.807) is 0 Å². The lowest BCUT2D eigenvalue weighted by Gasteiger charge is -2.26. The first-order valence-electron chi connectivity index (χ1n) is 4.62. The molecule has 0 bridgehead atoms. The van der Waals surface area contributed by atoms with Crippen LogP contribution < -0.4 is 3.53 Å². The average Bonchev–Trinajstić information content (AvgIpc) is 2.19. The van der Waals surface area contributed by atoms with Gasteiger partial charge in [0, 0.05) is 28.4 Å². The van der Waals surface area contributed by atoms with Gasteiger partial charge in [-0.1, -0.05) is 37.3 Å². The number of benzene rings is 1. The normalized spacial score (nSPS) is 15.3. The van der Waals surface area contributed by atoms with Crippen LogP contribution in [0, 0.1) is 0 Å². The molecule has 13 heavy (non-hydrogen) atoms. The van der Waals surface area contributed by atoms with Gasteiger partial charge in [0.1, 0.15) is 0 Å². The third-order valence-electron chi connectivity index (χ3n) is 2.45. The maximum atomic E-state index is 3.35.